The number of aromatic nitrogens is 2. The third-order valence-electron chi connectivity index (χ3n) is 3.72. The average molecular weight is 362 g/mol. The van der Waals surface area contributed by atoms with Crippen molar-refractivity contribution in [1.82, 2.24) is 9.38 Å². The van der Waals surface area contributed by atoms with Crippen molar-refractivity contribution in [3.63, 3.8) is 0 Å². The van der Waals surface area contributed by atoms with Crippen molar-refractivity contribution in [3.8, 4) is 0 Å². The fraction of sp³-hybridized carbons (Fsp3) is 0.222. The third-order valence-corrected chi connectivity index (χ3v) is 4.27. The van der Waals surface area contributed by atoms with Crippen molar-refractivity contribution in [2.24, 2.45) is 0 Å². The first-order valence-electron chi connectivity index (χ1n) is 7.73. The van der Waals surface area contributed by atoms with Crippen LogP contribution in [-0.4, -0.2) is 15.3 Å². The van der Waals surface area contributed by atoms with Crippen molar-refractivity contribution in [2.75, 3.05) is 5.32 Å². The molecule has 0 saturated carbocycles. The maximum absolute atomic E-state index is 12.9. The Kier molecular flexibility index (Phi) is 4.78. The van der Waals surface area contributed by atoms with Gasteiger partial charge in [0.15, 0.2) is 0 Å². The molecular weight excluding hydrogens is 345 g/mol. The summed E-state index contributed by atoms with van der Waals surface area (Å²) in [6.07, 6.45) is 3.56. The van der Waals surface area contributed by atoms with E-state index in [4.69, 9.17) is 23.2 Å². The van der Waals surface area contributed by atoms with E-state index >= 15 is 0 Å². The zero-order valence-corrected chi connectivity index (χ0v) is 14.9. The molecule has 0 aliphatic heterocycles. The number of imidazole rings is 1. The van der Waals surface area contributed by atoms with Gasteiger partial charge < -0.3 is 5.32 Å². The largest absolute Gasteiger partial charge is 0.319 e. The number of amides is 1. The Morgan fingerprint density at radius 3 is 2.75 bits per heavy atom. The second-order valence-electron chi connectivity index (χ2n) is 5.67. The van der Waals surface area contributed by atoms with Crippen LogP contribution < -0.4 is 5.32 Å². The van der Waals surface area contributed by atoms with Crippen LogP contribution in [0.1, 0.15) is 35.1 Å². The average Bonchev–Trinajstić information content (AvgIpc) is 2.87. The monoisotopic (exact) mass is 361 g/mol. The molecule has 4 nitrogen and oxygen atoms in total. The second kappa shape index (κ2) is 6.83. The van der Waals surface area contributed by atoms with Gasteiger partial charge in [0.05, 0.1) is 16.4 Å². The third kappa shape index (κ3) is 3.25. The highest BCUT2D eigenvalue weighted by Crippen LogP contribution is 2.26. The van der Waals surface area contributed by atoms with Crippen molar-refractivity contribution in [1.29, 1.82) is 0 Å². The molecule has 0 atom stereocenters. The van der Waals surface area contributed by atoms with E-state index in [0.717, 1.165) is 29.7 Å². The number of hydrogen-bond acceptors (Lipinski definition) is 2. The van der Waals surface area contributed by atoms with Crippen molar-refractivity contribution >= 4 is 40.4 Å². The Labute approximate surface area is 150 Å². The Bertz CT molecular complexity index is 918. The number of anilines is 1. The minimum absolute atomic E-state index is 0.235. The summed E-state index contributed by atoms with van der Waals surface area (Å²) in [5, 5.41) is 3.78. The summed E-state index contributed by atoms with van der Waals surface area (Å²) in [5.41, 5.74) is 3.67. The predicted octanol–water partition coefficient (Wildman–Crippen LogP) is 5.15. The molecule has 0 radical (unpaired) electrons. The molecule has 1 N–H and O–H groups in total. The Hall–Kier alpha value is -2.04. The Morgan fingerprint density at radius 2 is 2.04 bits per heavy atom. The van der Waals surface area contributed by atoms with Gasteiger partial charge in [0, 0.05) is 11.2 Å². The Balaban J connectivity index is 2.04. The van der Waals surface area contributed by atoms with E-state index in [1.807, 2.05) is 29.7 Å². The minimum Gasteiger partial charge on any atom is -0.319 e. The second-order valence-corrected chi connectivity index (χ2v) is 6.51. The fourth-order valence-corrected chi connectivity index (χ4v) is 3.08. The number of rotatable bonds is 4. The molecule has 1 aromatic carbocycles. The van der Waals surface area contributed by atoms with Crippen molar-refractivity contribution in [3.05, 3.63) is 63.5 Å². The number of aryl methyl sites for hydroxylation is 2. The molecule has 1 amide bonds. The highest BCUT2D eigenvalue weighted by atomic mass is 35.5. The molecule has 0 aliphatic rings. The maximum atomic E-state index is 12.9. The van der Waals surface area contributed by atoms with Crippen LogP contribution in [0.4, 0.5) is 5.69 Å². The molecule has 6 heteroatoms. The number of nitrogens with zero attached hydrogens (tertiary/aromatic N) is 2. The molecular formula is C18H17Cl2N3O. The first-order chi connectivity index (χ1) is 11.5. The van der Waals surface area contributed by atoms with Gasteiger partial charge in [0.25, 0.3) is 5.91 Å². The SMILES string of the molecule is CCCc1nc2ccc(C)cn2c1C(=O)Nc1ccc(Cl)cc1Cl. The van der Waals surface area contributed by atoms with E-state index in [-0.39, 0.29) is 5.91 Å². The lowest BCUT2D eigenvalue weighted by atomic mass is 10.2. The summed E-state index contributed by atoms with van der Waals surface area (Å²) in [6, 6.07) is 8.88. The van der Waals surface area contributed by atoms with Gasteiger partial charge in [-0.05, 0) is 43.2 Å². The van der Waals surface area contributed by atoms with E-state index < -0.39 is 0 Å². The van der Waals surface area contributed by atoms with E-state index in [2.05, 4.69) is 17.2 Å². The lowest BCUT2D eigenvalue weighted by Gasteiger charge is -2.09. The van der Waals surface area contributed by atoms with Gasteiger partial charge >= 0.3 is 0 Å². The summed E-state index contributed by atoms with van der Waals surface area (Å²) < 4.78 is 1.83. The molecule has 0 aliphatic carbocycles. The number of carbonyl (C=O) groups excluding carboxylic acids is 1. The molecule has 0 unspecified atom stereocenters. The fourth-order valence-electron chi connectivity index (χ4n) is 2.62. The van der Waals surface area contributed by atoms with Gasteiger partial charge in [-0.3, -0.25) is 9.20 Å². The molecule has 2 heterocycles. The quantitative estimate of drug-likeness (QED) is 0.697. The molecule has 0 fully saturated rings. The highest BCUT2D eigenvalue weighted by Gasteiger charge is 2.19. The predicted molar refractivity (Wildman–Crippen MR) is 98.3 cm³/mol. The lowest BCUT2D eigenvalue weighted by Crippen LogP contribution is -2.16. The van der Waals surface area contributed by atoms with Crippen molar-refractivity contribution < 1.29 is 4.79 Å². The zero-order chi connectivity index (χ0) is 17.3. The lowest BCUT2D eigenvalue weighted by molar-refractivity contribution is 0.102. The standard InChI is InChI=1S/C18H17Cl2N3O/c1-3-4-15-17(23-10-11(2)5-8-16(23)21-15)18(24)22-14-7-6-12(19)9-13(14)20/h5-10H,3-4H2,1-2H3,(H,22,24). The summed E-state index contributed by atoms with van der Waals surface area (Å²) >= 11 is 12.1. The molecule has 124 valence electrons. The summed E-state index contributed by atoms with van der Waals surface area (Å²) in [4.78, 5) is 17.5. The molecule has 3 rings (SSSR count). The van der Waals surface area contributed by atoms with Crippen LogP contribution in [0.15, 0.2) is 36.5 Å². The molecule has 0 spiro atoms. The maximum Gasteiger partial charge on any atom is 0.274 e. The normalized spacial score (nSPS) is 11.0. The van der Waals surface area contributed by atoms with Crippen LogP contribution >= 0.6 is 23.2 Å². The first-order valence-corrected chi connectivity index (χ1v) is 8.49. The van der Waals surface area contributed by atoms with E-state index in [0.29, 0.717) is 21.4 Å². The number of nitrogens with one attached hydrogen (secondary N) is 1. The van der Waals surface area contributed by atoms with E-state index in [1.54, 1.807) is 18.2 Å². The number of halogens is 2. The van der Waals surface area contributed by atoms with Gasteiger partial charge in [-0.1, -0.05) is 42.6 Å². The highest BCUT2D eigenvalue weighted by molar-refractivity contribution is 6.36. The van der Waals surface area contributed by atoms with Gasteiger partial charge in [-0.15, -0.1) is 0 Å². The van der Waals surface area contributed by atoms with E-state index in [9.17, 15) is 4.79 Å². The van der Waals surface area contributed by atoms with Gasteiger partial charge in [-0.25, -0.2) is 4.98 Å². The topological polar surface area (TPSA) is 46.4 Å². The molecule has 3 aromatic rings. The van der Waals surface area contributed by atoms with Crippen LogP contribution in [0.3, 0.4) is 0 Å². The molecule has 0 bridgehead atoms. The smallest absolute Gasteiger partial charge is 0.274 e. The molecule has 24 heavy (non-hydrogen) atoms. The molecule has 0 saturated heterocycles. The van der Waals surface area contributed by atoms with Crippen LogP contribution in [0.25, 0.3) is 5.65 Å². The van der Waals surface area contributed by atoms with E-state index in [1.165, 1.54) is 0 Å². The van der Waals surface area contributed by atoms with Crippen LogP contribution in [0.2, 0.25) is 10.0 Å². The Morgan fingerprint density at radius 1 is 1.25 bits per heavy atom. The number of fused-ring (bicyclic) bond motifs is 1. The van der Waals surface area contributed by atoms with Crippen LogP contribution in [0.5, 0.6) is 0 Å². The number of carbonyl (C=O) groups is 1. The zero-order valence-electron chi connectivity index (χ0n) is 13.4. The first kappa shape index (κ1) is 16.8. The summed E-state index contributed by atoms with van der Waals surface area (Å²) in [6.45, 7) is 4.05. The minimum atomic E-state index is -0.235. The van der Waals surface area contributed by atoms with Gasteiger partial charge in [0.1, 0.15) is 11.3 Å². The number of benzene rings is 1. The van der Waals surface area contributed by atoms with Crippen LogP contribution in [-0.2, 0) is 6.42 Å². The van der Waals surface area contributed by atoms with Gasteiger partial charge in [0.2, 0.25) is 0 Å². The number of pyridine rings is 1. The van der Waals surface area contributed by atoms with Crippen LogP contribution in [0, 0.1) is 6.92 Å². The van der Waals surface area contributed by atoms with Gasteiger partial charge in [-0.2, -0.15) is 0 Å². The summed E-state index contributed by atoms with van der Waals surface area (Å²) in [5.74, 6) is -0.235. The van der Waals surface area contributed by atoms with Crippen molar-refractivity contribution in [2.45, 2.75) is 26.7 Å². The summed E-state index contributed by atoms with van der Waals surface area (Å²) in [7, 11) is 0. The molecule has 2 aromatic heterocycles. The number of hydrogen-bond donors (Lipinski definition) is 1.